The first-order valence-electron chi connectivity index (χ1n) is 11.6. The molecule has 0 spiro atoms. The van der Waals surface area contributed by atoms with Crippen molar-refractivity contribution in [2.45, 2.75) is 31.7 Å². The minimum atomic E-state index is -0.743. The van der Waals surface area contributed by atoms with Crippen molar-refractivity contribution in [3.8, 4) is 0 Å². The largest absolute Gasteiger partial charge is 0.371 e. The zero-order chi connectivity index (χ0) is 23.7. The first kappa shape index (κ1) is 22.1. The summed E-state index contributed by atoms with van der Waals surface area (Å²) in [4.78, 5) is 42.8. The molecule has 0 saturated carbocycles. The Morgan fingerprint density at radius 3 is 2.56 bits per heavy atom. The van der Waals surface area contributed by atoms with E-state index in [0.717, 1.165) is 16.3 Å². The van der Waals surface area contributed by atoms with Gasteiger partial charge >= 0.3 is 0 Å². The fraction of sp³-hybridized carbons (Fsp3) is 0.296. The predicted octanol–water partition coefficient (Wildman–Crippen LogP) is 2.60. The number of carbonyl (C=O) groups excluding carboxylic acids is 3. The molecule has 174 valence electrons. The molecule has 2 fully saturated rings. The highest BCUT2D eigenvalue weighted by Gasteiger charge is 2.46. The summed E-state index contributed by atoms with van der Waals surface area (Å²) in [5.41, 5.74) is 1.61. The molecule has 0 unspecified atom stereocenters. The van der Waals surface area contributed by atoms with Crippen molar-refractivity contribution in [2.75, 3.05) is 19.6 Å². The van der Waals surface area contributed by atoms with E-state index in [9.17, 15) is 14.4 Å². The van der Waals surface area contributed by atoms with Gasteiger partial charge in [0.1, 0.15) is 12.1 Å². The van der Waals surface area contributed by atoms with Crippen LogP contribution in [0.5, 0.6) is 0 Å². The lowest BCUT2D eigenvalue weighted by atomic mass is 9.99. The first-order chi connectivity index (χ1) is 16.5. The zero-order valence-electron chi connectivity index (χ0n) is 19.0. The number of carbonyl (C=O) groups is 3. The molecule has 3 aromatic rings. The minimum absolute atomic E-state index is 0.126. The Balaban J connectivity index is 1.27. The van der Waals surface area contributed by atoms with E-state index in [4.69, 9.17) is 4.74 Å². The van der Waals surface area contributed by atoms with Crippen molar-refractivity contribution in [3.05, 3.63) is 83.9 Å². The topological polar surface area (TPSA) is 79.0 Å². The Labute approximate surface area is 198 Å². The number of benzene rings is 3. The molecule has 2 heterocycles. The molecule has 0 radical (unpaired) electrons. The summed E-state index contributed by atoms with van der Waals surface area (Å²) in [5, 5.41) is 4.71. The van der Waals surface area contributed by atoms with E-state index in [1.54, 1.807) is 16.7 Å². The van der Waals surface area contributed by atoms with Gasteiger partial charge in [0.15, 0.2) is 0 Å². The Kier molecular flexibility index (Phi) is 6.02. The highest BCUT2D eigenvalue weighted by molar-refractivity contribution is 6.07. The molecule has 0 aromatic heterocycles. The molecular weight excluding hydrogens is 430 g/mol. The van der Waals surface area contributed by atoms with Crippen molar-refractivity contribution in [1.82, 2.24) is 15.1 Å². The normalized spacial score (nSPS) is 21.2. The van der Waals surface area contributed by atoms with E-state index in [-0.39, 0.29) is 24.3 Å². The highest BCUT2D eigenvalue weighted by Crippen LogP contribution is 2.24. The summed E-state index contributed by atoms with van der Waals surface area (Å²) in [6.07, 6.45) is -0.479. The number of nitrogens with one attached hydrogen (secondary N) is 1. The lowest BCUT2D eigenvalue weighted by Gasteiger charge is -2.46. The van der Waals surface area contributed by atoms with Crippen LogP contribution in [0, 0.1) is 0 Å². The molecule has 7 heteroatoms. The van der Waals surface area contributed by atoms with Crippen LogP contribution < -0.4 is 5.32 Å². The summed E-state index contributed by atoms with van der Waals surface area (Å²) >= 11 is 0. The van der Waals surface area contributed by atoms with E-state index in [2.05, 4.69) is 5.32 Å². The third-order valence-electron chi connectivity index (χ3n) is 6.66. The molecule has 2 aliphatic heterocycles. The molecule has 3 aromatic carbocycles. The third kappa shape index (κ3) is 4.15. The fourth-order valence-corrected chi connectivity index (χ4v) is 4.74. The van der Waals surface area contributed by atoms with Gasteiger partial charge in [0.05, 0.1) is 19.3 Å². The lowest BCUT2D eigenvalue weighted by Crippen LogP contribution is -2.71. The monoisotopic (exact) mass is 457 g/mol. The van der Waals surface area contributed by atoms with Crippen molar-refractivity contribution in [2.24, 2.45) is 0 Å². The highest BCUT2D eigenvalue weighted by atomic mass is 16.5. The number of rotatable bonds is 5. The molecule has 2 saturated heterocycles. The number of hydrogen-bond donors (Lipinski definition) is 1. The second kappa shape index (κ2) is 9.27. The molecule has 7 nitrogen and oxygen atoms in total. The fourth-order valence-electron chi connectivity index (χ4n) is 4.74. The van der Waals surface area contributed by atoms with E-state index < -0.39 is 18.2 Å². The van der Waals surface area contributed by atoms with E-state index >= 15 is 0 Å². The third-order valence-corrected chi connectivity index (χ3v) is 6.66. The maximum absolute atomic E-state index is 13.3. The Bertz CT molecular complexity index is 1220. The minimum Gasteiger partial charge on any atom is -0.371 e. The van der Waals surface area contributed by atoms with E-state index in [1.807, 2.05) is 72.8 Å². The summed E-state index contributed by atoms with van der Waals surface area (Å²) in [6, 6.07) is 21.7. The molecule has 34 heavy (non-hydrogen) atoms. The van der Waals surface area contributed by atoms with Crippen LogP contribution in [0.15, 0.2) is 72.8 Å². The number of amides is 3. The molecular formula is C27H27N3O4. The van der Waals surface area contributed by atoms with Crippen LogP contribution in [0.25, 0.3) is 10.8 Å². The average Bonchev–Trinajstić information content (AvgIpc) is 2.89. The van der Waals surface area contributed by atoms with Crippen LogP contribution in [0.2, 0.25) is 0 Å². The number of ether oxygens (including phenoxy) is 1. The summed E-state index contributed by atoms with van der Waals surface area (Å²) in [6.45, 7) is 3.02. The number of fused-ring (bicyclic) bond motifs is 2. The second-order valence-electron chi connectivity index (χ2n) is 8.81. The SMILES string of the molecule is C[C@@H](OCc1ccccc1)[C@@H]1NC(=O)[C@H]2CN(C(=O)c3cccc4ccccc34)CCN2C1=O. The molecule has 2 aliphatic rings. The van der Waals surface area contributed by atoms with Crippen molar-refractivity contribution >= 4 is 28.5 Å². The zero-order valence-corrected chi connectivity index (χ0v) is 19.0. The van der Waals surface area contributed by atoms with E-state index in [0.29, 0.717) is 25.3 Å². The molecule has 3 atom stereocenters. The second-order valence-corrected chi connectivity index (χ2v) is 8.81. The van der Waals surface area contributed by atoms with Gasteiger partial charge in [-0.1, -0.05) is 66.7 Å². The number of piperazine rings is 2. The van der Waals surface area contributed by atoms with Crippen LogP contribution in [-0.2, 0) is 20.9 Å². The van der Waals surface area contributed by atoms with Gasteiger partial charge in [0, 0.05) is 18.7 Å². The van der Waals surface area contributed by atoms with Gasteiger partial charge in [-0.15, -0.1) is 0 Å². The maximum atomic E-state index is 13.3. The van der Waals surface area contributed by atoms with Crippen LogP contribution in [0.4, 0.5) is 0 Å². The number of hydrogen-bond acceptors (Lipinski definition) is 4. The maximum Gasteiger partial charge on any atom is 0.254 e. The van der Waals surface area contributed by atoms with Crippen LogP contribution >= 0.6 is 0 Å². The molecule has 0 aliphatic carbocycles. The standard InChI is InChI=1S/C27H27N3O4/c1-18(34-17-19-8-3-2-4-9-19)24-27(33)30-15-14-29(16-23(30)25(31)28-24)26(32)22-13-7-11-20-10-5-6-12-21(20)22/h2-13,18,23-24H,14-17H2,1H3,(H,28,31)/t18-,23-,24+/m1/s1. The Morgan fingerprint density at radius 2 is 1.74 bits per heavy atom. The van der Waals surface area contributed by atoms with Crippen LogP contribution in [-0.4, -0.2) is 65.3 Å². The molecule has 3 amide bonds. The summed E-state index contributed by atoms with van der Waals surface area (Å²) in [5.74, 6) is -0.545. The van der Waals surface area contributed by atoms with Gasteiger partial charge in [0.2, 0.25) is 11.8 Å². The van der Waals surface area contributed by atoms with Crippen molar-refractivity contribution in [3.63, 3.8) is 0 Å². The first-order valence-corrected chi connectivity index (χ1v) is 11.6. The lowest BCUT2D eigenvalue weighted by molar-refractivity contribution is -0.156. The van der Waals surface area contributed by atoms with E-state index in [1.165, 1.54) is 0 Å². The summed E-state index contributed by atoms with van der Waals surface area (Å²) < 4.78 is 5.90. The average molecular weight is 458 g/mol. The van der Waals surface area contributed by atoms with Gasteiger partial charge in [0.25, 0.3) is 5.91 Å². The Morgan fingerprint density at radius 1 is 1.00 bits per heavy atom. The van der Waals surface area contributed by atoms with Crippen LogP contribution in [0.3, 0.4) is 0 Å². The smallest absolute Gasteiger partial charge is 0.254 e. The Hall–Kier alpha value is -3.71. The van der Waals surface area contributed by atoms with Gasteiger partial charge in [-0.25, -0.2) is 0 Å². The predicted molar refractivity (Wildman–Crippen MR) is 128 cm³/mol. The molecule has 0 bridgehead atoms. The van der Waals surface area contributed by atoms with Gasteiger partial charge < -0.3 is 19.9 Å². The van der Waals surface area contributed by atoms with Crippen molar-refractivity contribution in [1.29, 1.82) is 0 Å². The van der Waals surface area contributed by atoms with Gasteiger partial charge in [-0.2, -0.15) is 0 Å². The van der Waals surface area contributed by atoms with Gasteiger partial charge in [-0.3, -0.25) is 14.4 Å². The number of nitrogens with zero attached hydrogens (tertiary/aromatic N) is 2. The molecule has 5 rings (SSSR count). The van der Waals surface area contributed by atoms with Crippen LogP contribution in [0.1, 0.15) is 22.8 Å². The van der Waals surface area contributed by atoms with Crippen molar-refractivity contribution < 1.29 is 19.1 Å². The van der Waals surface area contributed by atoms with Gasteiger partial charge in [-0.05, 0) is 29.3 Å². The summed E-state index contributed by atoms with van der Waals surface area (Å²) in [7, 11) is 0. The quantitative estimate of drug-likeness (QED) is 0.639. The molecule has 1 N–H and O–H groups in total.